The molecule has 1 aliphatic rings. The molecule has 0 saturated carbocycles. The molecule has 3 rings (SSSR count). The summed E-state index contributed by atoms with van der Waals surface area (Å²) in [5.74, 6) is -0.0992. The molecular weight excluding hydrogens is 292 g/mol. The number of hydrogen-bond donors (Lipinski definition) is 1. The van der Waals surface area contributed by atoms with Crippen LogP contribution >= 0.6 is 11.8 Å². The van der Waals surface area contributed by atoms with E-state index in [-0.39, 0.29) is 5.91 Å². The summed E-state index contributed by atoms with van der Waals surface area (Å²) in [7, 11) is 0. The average Bonchev–Trinajstić information content (AvgIpc) is 2.79. The van der Waals surface area contributed by atoms with E-state index in [2.05, 4.69) is 16.4 Å². The van der Waals surface area contributed by atoms with Gasteiger partial charge in [-0.2, -0.15) is 0 Å². The van der Waals surface area contributed by atoms with Gasteiger partial charge in [-0.15, -0.1) is 0 Å². The first-order valence-electron chi connectivity index (χ1n) is 7.03. The van der Waals surface area contributed by atoms with Gasteiger partial charge in [-0.3, -0.25) is 4.79 Å². The molecule has 1 N–H and O–H groups in total. The van der Waals surface area contributed by atoms with Gasteiger partial charge in [0.2, 0.25) is 0 Å². The van der Waals surface area contributed by atoms with Crippen molar-refractivity contribution in [2.75, 3.05) is 0 Å². The molecule has 0 bridgehead atoms. The van der Waals surface area contributed by atoms with Crippen LogP contribution in [0.1, 0.15) is 16.7 Å². The van der Waals surface area contributed by atoms with Gasteiger partial charge in [-0.05, 0) is 54.9 Å². The van der Waals surface area contributed by atoms with Crippen LogP contribution in [-0.2, 0) is 4.79 Å². The SMILES string of the molecule is Cc1cccc(/C=C2/SC(=Nc3cccc(C)c3)NC2=O)c1. The van der Waals surface area contributed by atoms with E-state index >= 15 is 0 Å². The Morgan fingerprint density at radius 3 is 2.50 bits per heavy atom. The Hall–Kier alpha value is -2.33. The van der Waals surface area contributed by atoms with Gasteiger partial charge >= 0.3 is 0 Å². The van der Waals surface area contributed by atoms with Crippen LogP contribution in [0.2, 0.25) is 0 Å². The molecule has 1 aliphatic heterocycles. The van der Waals surface area contributed by atoms with Crippen molar-refractivity contribution in [2.24, 2.45) is 4.99 Å². The zero-order valence-corrected chi connectivity index (χ0v) is 13.3. The van der Waals surface area contributed by atoms with Gasteiger partial charge in [-0.1, -0.05) is 42.0 Å². The minimum Gasteiger partial charge on any atom is -0.300 e. The van der Waals surface area contributed by atoms with Gasteiger partial charge in [0, 0.05) is 0 Å². The van der Waals surface area contributed by atoms with Crippen LogP contribution in [0.25, 0.3) is 6.08 Å². The molecule has 110 valence electrons. The van der Waals surface area contributed by atoms with E-state index in [0.29, 0.717) is 10.1 Å². The fourth-order valence-corrected chi connectivity index (χ4v) is 3.05. The molecule has 3 nitrogen and oxygen atoms in total. The number of benzene rings is 2. The number of nitrogens with one attached hydrogen (secondary N) is 1. The summed E-state index contributed by atoms with van der Waals surface area (Å²) in [6, 6.07) is 16.0. The van der Waals surface area contributed by atoms with E-state index in [4.69, 9.17) is 0 Å². The maximum atomic E-state index is 12.1. The standard InChI is InChI=1S/C18H16N2OS/c1-12-5-3-7-14(9-12)11-16-17(21)20-18(22-16)19-15-8-4-6-13(2)10-15/h3-11H,1-2H3,(H,19,20,21)/b16-11+. The maximum absolute atomic E-state index is 12.1. The van der Waals surface area contributed by atoms with Crippen molar-refractivity contribution >= 4 is 34.6 Å². The Labute approximate surface area is 134 Å². The molecule has 1 fully saturated rings. The number of amides is 1. The molecular formula is C18H16N2OS. The number of hydrogen-bond acceptors (Lipinski definition) is 3. The van der Waals surface area contributed by atoms with Crippen molar-refractivity contribution in [3.63, 3.8) is 0 Å². The van der Waals surface area contributed by atoms with E-state index in [1.165, 1.54) is 17.3 Å². The molecule has 22 heavy (non-hydrogen) atoms. The highest BCUT2D eigenvalue weighted by Gasteiger charge is 2.23. The zero-order valence-electron chi connectivity index (χ0n) is 12.5. The van der Waals surface area contributed by atoms with Crippen molar-refractivity contribution in [3.05, 3.63) is 70.1 Å². The lowest BCUT2D eigenvalue weighted by Crippen LogP contribution is -2.19. The molecule has 0 spiro atoms. The molecule has 0 aromatic heterocycles. The number of aliphatic imine (C=N–C) groups is 1. The van der Waals surface area contributed by atoms with Crippen molar-refractivity contribution in [2.45, 2.75) is 13.8 Å². The molecule has 4 heteroatoms. The largest absolute Gasteiger partial charge is 0.300 e. The Morgan fingerprint density at radius 1 is 1.05 bits per heavy atom. The summed E-state index contributed by atoms with van der Waals surface area (Å²) in [6.45, 7) is 4.06. The van der Waals surface area contributed by atoms with Crippen molar-refractivity contribution in [1.82, 2.24) is 5.32 Å². The van der Waals surface area contributed by atoms with E-state index in [1.54, 1.807) is 0 Å². The second-order valence-corrected chi connectivity index (χ2v) is 6.27. The first-order valence-corrected chi connectivity index (χ1v) is 7.85. The smallest absolute Gasteiger partial charge is 0.264 e. The summed E-state index contributed by atoms with van der Waals surface area (Å²) < 4.78 is 0. The van der Waals surface area contributed by atoms with E-state index in [9.17, 15) is 4.79 Å². The summed E-state index contributed by atoms with van der Waals surface area (Å²) in [4.78, 5) is 17.2. The van der Waals surface area contributed by atoms with E-state index < -0.39 is 0 Å². The first kappa shape index (κ1) is 14.6. The van der Waals surface area contributed by atoms with E-state index in [0.717, 1.165) is 16.8 Å². The quantitative estimate of drug-likeness (QED) is 0.845. The molecule has 1 heterocycles. The molecule has 0 unspecified atom stereocenters. The minimum absolute atomic E-state index is 0.0992. The molecule has 0 aliphatic carbocycles. The molecule has 0 atom stereocenters. The fraction of sp³-hybridized carbons (Fsp3) is 0.111. The topological polar surface area (TPSA) is 41.5 Å². The summed E-state index contributed by atoms with van der Waals surface area (Å²) >= 11 is 1.37. The lowest BCUT2D eigenvalue weighted by atomic mass is 10.1. The lowest BCUT2D eigenvalue weighted by Gasteiger charge is -1.97. The summed E-state index contributed by atoms with van der Waals surface area (Å²) in [5, 5.41) is 3.43. The number of nitrogens with zero attached hydrogens (tertiary/aromatic N) is 1. The third-order valence-electron chi connectivity index (χ3n) is 3.22. The molecule has 2 aromatic rings. The van der Waals surface area contributed by atoms with Gasteiger partial charge < -0.3 is 5.32 Å². The normalized spacial score (nSPS) is 18.0. The number of carbonyl (C=O) groups is 1. The number of thioether (sulfide) groups is 1. The van der Waals surface area contributed by atoms with Gasteiger partial charge in [0.1, 0.15) is 0 Å². The first-order chi connectivity index (χ1) is 10.6. The summed E-state index contributed by atoms with van der Waals surface area (Å²) in [5.41, 5.74) is 4.19. The van der Waals surface area contributed by atoms with Crippen LogP contribution in [0, 0.1) is 13.8 Å². The van der Waals surface area contributed by atoms with Crippen LogP contribution in [0.15, 0.2) is 58.4 Å². The predicted octanol–water partition coefficient (Wildman–Crippen LogP) is 4.20. The monoisotopic (exact) mass is 308 g/mol. The zero-order chi connectivity index (χ0) is 15.5. The number of carbonyl (C=O) groups excluding carboxylic acids is 1. The highest BCUT2D eigenvalue weighted by atomic mass is 32.2. The van der Waals surface area contributed by atoms with Gasteiger partial charge in [0.15, 0.2) is 5.17 Å². The number of rotatable bonds is 2. The van der Waals surface area contributed by atoms with Gasteiger partial charge in [0.25, 0.3) is 5.91 Å². The molecule has 0 radical (unpaired) electrons. The number of aryl methyl sites for hydroxylation is 2. The Kier molecular flexibility index (Phi) is 4.11. The third kappa shape index (κ3) is 3.46. The Morgan fingerprint density at radius 2 is 1.77 bits per heavy atom. The van der Waals surface area contributed by atoms with Gasteiger partial charge in [-0.25, -0.2) is 4.99 Å². The van der Waals surface area contributed by atoms with Crippen LogP contribution in [-0.4, -0.2) is 11.1 Å². The Balaban J connectivity index is 1.84. The summed E-state index contributed by atoms with van der Waals surface area (Å²) in [6.07, 6.45) is 1.89. The van der Waals surface area contributed by atoms with Gasteiger partial charge in [0.05, 0.1) is 10.6 Å². The Bertz CT molecular complexity index is 793. The maximum Gasteiger partial charge on any atom is 0.264 e. The predicted molar refractivity (Wildman–Crippen MR) is 93.2 cm³/mol. The third-order valence-corrected chi connectivity index (χ3v) is 4.13. The van der Waals surface area contributed by atoms with Crippen molar-refractivity contribution < 1.29 is 4.79 Å². The fourth-order valence-electron chi connectivity index (χ4n) is 2.21. The number of amidine groups is 1. The highest BCUT2D eigenvalue weighted by molar-refractivity contribution is 8.18. The van der Waals surface area contributed by atoms with Crippen molar-refractivity contribution in [3.8, 4) is 0 Å². The molecule has 1 amide bonds. The average molecular weight is 308 g/mol. The second-order valence-electron chi connectivity index (χ2n) is 5.23. The second kappa shape index (κ2) is 6.20. The highest BCUT2D eigenvalue weighted by Crippen LogP contribution is 2.28. The lowest BCUT2D eigenvalue weighted by molar-refractivity contribution is -0.115. The molecule has 1 saturated heterocycles. The molecule has 2 aromatic carbocycles. The van der Waals surface area contributed by atoms with E-state index in [1.807, 2.05) is 62.4 Å². The minimum atomic E-state index is -0.0992. The van der Waals surface area contributed by atoms with Crippen LogP contribution in [0.4, 0.5) is 5.69 Å². The van der Waals surface area contributed by atoms with Crippen LogP contribution < -0.4 is 5.32 Å². The van der Waals surface area contributed by atoms with Crippen LogP contribution in [0.5, 0.6) is 0 Å². The van der Waals surface area contributed by atoms with Crippen molar-refractivity contribution in [1.29, 1.82) is 0 Å². The van der Waals surface area contributed by atoms with Crippen LogP contribution in [0.3, 0.4) is 0 Å².